The summed E-state index contributed by atoms with van der Waals surface area (Å²) < 4.78 is 0. The Morgan fingerprint density at radius 3 is 3.00 bits per heavy atom. The Labute approximate surface area is 76.5 Å². The summed E-state index contributed by atoms with van der Waals surface area (Å²) in [7, 11) is 0. The molecular weight excluding hydrogens is 174 g/mol. The van der Waals surface area contributed by atoms with Crippen molar-refractivity contribution in [3.63, 3.8) is 0 Å². The SMILES string of the molecule is C=CC(O)c1cc(C)cnc1Cl. The van der Waals surface area contributed by atoms with Gasteiger partial charge in [-0.05, 0) is 18.6 Å². The van der Waals surface area contributed by atoms with E-state index in [2.05, 4.69) is 11.6 Å². The minimum Gasteiger partial charge on any atom is -0.384 e. The number of pyridine rings is 1. The van der Waals surface area contributed by atoms with Crippen LogP contribution in [0, 0.1) is 6.92 Å². The van der Waals surface area contributed by atoms with Crippen molar-refractivity contribution in [1.29, 1.82) is 0 Å². The van der Waals surface area contributed by atoms with Gasteiger partial charge in [0.2, 0.25) is 0 Å². The lowest BCUT2D eigenvalue weighted by molar-refractivity contribution is 0.228. The fraction of sp³-hybridized carbons (Fsp3) is 0.222. The Balaban J connectivity index is 3.12. The topological polar surface area (TPSA) is 33.1 Å². The molecule has 1 aromatic heterocycles. The molecule has 0 aliphatic carbocycles. The third-order valence-electron chi connectivity index (χ3n) is 1.54. The van der Waals surface area contributed by atoms with Gasteiger partial charge < -0.3 is 5.11 Å². The summed E-state index contributed by atoms with van der Waals surface area (Å²) in [4.78, 5) is 3.91. The molecule has 2 nitrogen and oxygen atoms in total. The van der Waals surface area contributed by atoms with Gasteiger partial charge in [0, 0.05) is 11.8 Å². The number of aliphatic hydroxyl groups is 1. The van der Waals surface area contributed by atoms with E-state index in [1.54, 1.807) is 12.3 Å². The zero-order valence-corrected chi connectivity index (χ0v) is 7.54. The minimum atomic E-state index is -0.732. The Morgan fingerprint density at radius 1 is 1.75 bits per heavy atom. The Kier molecular flexibility index (Phi) is 2.84. The summed E-state index contributed by atoms with van der Waals surface area (Å²) >= 11 is 5.75. The summed E-state index contributed by atoms with van der Waals surface area (Å²) in [5.41, 5.74) is 1.57. The van der Waals surface area contributed by atoms with Crippen molar-refractivity contribution < 1.29 is 5.11 Å². The molecule has 1 aromatic rings. The Hall–Kier alpha value is -0.860. The van der Waals surface area contributed by atoms with Gasteiger partial charge in [0.1, 0.15) is 5.15 Å². The van der Waals surface area contributed by atoms with Gasteiger partial charge in [-0.15, -0.1) is 6.58 Å². The van der Waals surface area contributed by atoms with Crippen LogP contribution < -0.4 is 0 Å². The first-order valence-corrected chi connectivity index (χ1v) is 3.95. The summed E-state index contributed by atoms with van der Waals surface area (Å²) in [6.45, 7) is 5.36. The maximum atomic E-state index is 9.39. The van der Waals surface area contributed by atoms with E-state index in [-0.39, 0.29) is 0 Å². The van der Waals surface area contributed by atoms with Crippen LogP contribution in [-0.2, 0) is 0 Å². The molecule has 0 spiro atoms. The third kappa shape index (κ3) is 1.84. The molecule has 0 fully saturated rings. The van der Waals surface area contributed by atoms with E-state index in [1.807, 2.05) is 6.92 Å². The number of hydrogen-bond acceptors (Lipinski definition) is 2. The number of rotatable bonds is 2. The fourth-order valence-corrected chi connectivity index (χ4v) is 1.12. The second-order valence-corrected chi connectivity index (χ2v) is 2.93. The van der Waals surface area contributed by atoms with E-state index < -0.39 is 6.10 Å². The predicted octanol–water partition coefficient (Wildman–Crippen LogP) is 2.26. The summed E-state index contributed by atoms with van der Waals surface area (Å²) in [5, 5.41) is 9.72. The highest BCUT2D eigenvalue weighted by atomic mass is 35.5. The van der Waals surface area contributed by atoms with E-state index in [4.69, 9.17) is 11.6 Å². The maximum absolute atomic E-state index is 9.39. The van der Waals surface area contributed by atoms with E-state index >= 15 is 0 Å². The second kappa shape index (κ2) is 3.70. The average molecular weight is 184 g/mol. The van der Waals surface area contributed by atoms with Crippen LogP contribution >= 0.6 is 11.6 Å². The highest BCUT2D eigenvalue weighted by molar-refractivity contribution is 6.30. The van der Waals surface area contributed by atoms with Crippen molar-refractivity contribution in [2.24, 2.45) is 0 Å². The maximum Gasteiger partial charge on any atom is 0.135 e. The van der Waals surface area contributed by atoms with Crippen molar-refractivity contribution >= 4 is 11.6 Å². The van der Waals surface area contributed by atoms with E-state index in [1.165, 1.54) is 6.08 Å². The van der Waals surface area contributed by atoms with Crippen molar-refractivity contribution in [1.82, 2.24) is 4.98 Å². The normalized spacial score (nSPS) is 12.6. The molecule has 1 atom stereocenters. The highest BCUT2D eigenvalue weighted by Gasteiger charge is 2.08. The molecule has 0 amide bonds. The molecule has 1 heterocycles. The van der Waals surface area contributed by atoms with Crippen molar-refractivity contribution in [3.8, 4) is 0 Å². The number of hydrogen-bond donors (Lipinski definition) is 1. The monoisotopic (exact) mass is 183 g/mol. The summed E-state index contributed by atoms with van der Waals surface area (Å²) in [5.74, 6) is 0. The zero-order chi connectivity index (χ0) is 9.14. The molecule has 0 saturated carbocycles. The van der Waals surface area contributed by atoms with E-state index in [0.29, 0.717) is 10.7 Å². The number of aryl methyl sites for hydroxylation is 1. The standard InChI is InChI=1S/C9H10ClNO/c1-3-8(12)7-4-6(2)5-11-9(7)10/h3-5,8,12H,1H2,2H3. The van der Waals surface area contributed by atoms with Gasteiger partial charge in [-0.3, -0.25) is 0 Å². The summed E-state index contributed by atoms with van der Waals surface area (Å²) in [6, 6.07) is 1.79. The molecule has 0 aliphatic rings. The molecule has 0 aliphatic heterocycles. The van der Waals surface area contributed by atoms with Crippen LogP contribution in [0.2, 0.25) is 5.15 Å². The predicted molar refractivity (Wildman–Crippen MR) is 49.1 cm³/mol. The molecule has 1 rings (SSSR count). The van der Waals surface area contributed by atoms with Crippen LogP contribution in [0.25, 0.3) is 0 Å². The van der Waals surface area contributed by atoms with Crippen LogP contribution in [0.3, 0.4) is 0 Å². The molecule has 0 radical (unpaired) electrons. The average Bonchev–Trinajstić information content (AvgIpc) is 2.08. The first-order chi connectivity index (χ1) is 5.65. The lowest BCUT2D eigenvalue weighted by atomic mass is 10.1. The molecule has 3 heteroatoms. The van der Waals surface area contributed by atoms with Crippen LogP contribution in [0.15, 0.2) is 24.9 Å². The molecule has 0 saturated heterocycles. The van der Waals surface area contributed by atoms with Gasteiger partial charge in [0.05, 0.1) is 6.10 Å². The largest absolute Gasteiger partial charge is 0.384 e. The van der Waals surface area contributed by atoms with Gasteiger partial charge in [0.15, 0.2) is 0 Å². The number of aliphatic hydroxyl groups excluding tert-OH is 1. The highest BCUT2D eigenvalue weighted by Crippen LogP contribution is 2.21. The van der Waals surface area contributed by atoms with Gasteiger partial charge in [-0.1, -0.05) is 17.7 Å². The van der Waals surface area contributed by atoms with Gasteiger partial charge >= 0.3 is 0 Å². The van der Waals surface area contributed by atoms with Crippen molar-refractivity contribution in [2.45, 2.75) is 13.0 Å². The second-order valence-electron chi connectivity index (χ2n) is 2.57. The smallest absolute Gasteiger partial charge is 0.135 e. The Bertz CT molecular complexity index is 299. The van der Waals surface area contributed by atoms with Gasteiger partial charge in [-0.2, -0.15) is 0 Å². The molecule has 12 heavy (non-hydrogen) atoms. The number of aromatic nitrogens is 1. The Morgan fingerprint density at radius 2 is 2.42 bits per heavy atom. The molecule has 0 bridgehead atoms. The molecule has 0 aromatic carbocycles. The molecule has 1 unspecified atom stereocenters. The molecular formula is C9H10ClNO. The molecule has 64 valence electrons. The lowest BCUT2D eigenvalue weighted by Crippen LogP contribution is -1.96. The van der Waals surface area contributed by atoms with Crippen LogP contribution in [0.4, 0.5) is 0 Å². The minimum absolute atomic E-state index is 0.327. The van der Waals surface area contributed by atoms with Crippen LogP contribution in [0.1, 0.15) is 17.2 Å². The fourth-order valence-electron chi connectivity index (χ4n) is 0.910. The summed E-state index contributed by atoms with van der Waals surface area (Å²) in [6.07, 6.45) is 2.34. The molecule has 1 N–H and O–H groups in total. The van der Waals surface area contributed by atoms with E-state index in [0.717, 1.165) is 5.56 Å². The van der Waals surface area contributed by atoms with Crippen molar-refractivity contribution in [3.05, 3.63) is 41.2 Å². The first-order valence-electron chi connectivity index (χ1n) is 3.58. The van der Waals surface area contributed by atoms with Crippen molar-refractivity contribution in [2.75, 3.05) is 0 Å². The quantitative estimate of drug-likeness (QED) is 0.564. The third-order valence-corrected chi connectivity index (χ3v) is 1.86. The van der Waals surface area contributed by atoms with Gasteiger partial charge in [0.25, 0.3) is 0 Å². The zero-order valence-electron chi connectivity index (χ0n) is 6.79. The lowest BCUT2D eigenvalue weighted by Gasteiger charge is -2.07. The number of nitrogens with zero attached hydrogens (tertiary/aromatic N) is 1. The van der Waals surface area contributed by atoms with E-state index in [9.17, 15) is 5.11 Å². The number of halogens is 1. The van der Waals surface area contributed by atoms with Crippen LogP contribution in [0.5, 0.6) is 0 Å². The first kappa shape index (κ1) is 9.23. The van der Waals surface area contributed by atoms with Gasteiger partial charge in [-0.25, -0.2) is 4.98 Å². The van der Waals surface area contributed by atoms with Crippen LogP contribution in [-0.4, -0.2) is 10.1 Å².